The van der Waals surface area contributed by atoms with Crippen LogP contribution in [0, 0.1) is 16.7 Å². The lowest BCUT2D eigenvalue weighted by Crippen LogP contribution is -2.31. The minimum absolute atomic E-state index is 0.00746. The van der Waals surface area contributed by atoms with Crippen LogP contribution in [0.3, 0.4) is 0 Å². The van der Waals surface area contributed by atoms with E-state index in [4.69, 9.17) is 5.26 Å². The summed E-state index contributed by atoms with van der Waals surface area (Å²) < 4.78 is 0. The third-order valence-corrected chi connectivity index (χ3v) is 2.36. The van der Waals surface area contributed by atoms with Crippen molar-refractivity contribution in [3.63, 3.8) is 0 Å². The van der Waals surface area contributed by atoms with Crippen molar-refractivity contribution in [3.05, 3.63) is 23.9 Å². The second-order valence-electron chi connectivity index (χ2n) is 5.53. The van der Waals surface area contributed by atoms with E-state index < -0.39 is 0 Å². The van der Waals surface area contributed by atoms with Crippen LogP contribution in [-0.4, -0.2) is 24.0 Å². The van der Waals surface area contributed by atoms with E-state index in [0.717, 1.165) is 0 Å². The standard InChI is InChI=1S/C14H20N4O/c1-14(2,3)9-12(19)16-7-8-18-13-11(10-15)5-4-6-17-13/h4-6H,7-9H2,1-3H3,(H,16,19)(H,17,18). The van der Waals surface area contributed by atoms with Gasteiger partial charge in [0.2, 0.25) is 5.91 Å². The summed E-state index contributed by atoms with van der Waals surface area (Å²) in [7, 11) is 0. The van der Waals surface area contributed by atoms with Gasteiger partial charge in [-0.15, -0.1) is 0 Å². The van der Waals surface area contributed by atoms with Crippen molar-refractivity contribution in [1.29, 1.82) is 5.26 Å². The van der Waals surface area contributed by atoms with Gasteiger partial charge in [-0.2, -0.15) is 5.26 Å². The molecule has 1 rings (SSSR count). The summed E-state index contributed by atoms with van der Waals surface area (Å²) in [5.74, 6) is 0.589. The quantitative estimate of drug-likeness (QED) is 0.793. The van der Waals surface area contributed by atoms with E-state index in [-0.39, 0.29) is 11.3 Å². The molecule has 1 aromatic heterocycles. The van der Waals surface area contributed by atoms with Crippen LogP contribution < -0.4 is 10.6 Å². The molecule has 0 aliphatic carbocycles. The number of pyridine rings is 1. The molecule has 0 fully saturated rings. The van der Waals surface area contributed by atoms with Crippen molar-refractivity contribution in [2.45, 2.75) is 27.2 Å². The smallest absolute Gasteiger partial charge is 0.220 e. The first kappa shape index (κ1) is 15.0. The number of nitrogens with one attached hydrogen (secondary N) is 2. The van der Waals surface area contributed by atoms with Crippen LogP contribution in [0.25, 0.3) is 0 Å². The molecule has 5 heteroatoms. The molecule has 19 heavy (non-hydrogen) atoms. The van der Waals surface area contributed by atoms with E-state index in [2.05, 4.69) is 21.7 Å². The van der Waals surface area contributed by atoms with Crippen LogP contribution >= 0.6 is 0 Å². The molecule has 0 unspecified atom stereocenters. The predicted molar refractivity (Wildman–Crippen MR) is 74.5 cm³/mol. The molecule has 0 saturated carbocycles. The third-order valence-electron chi connectivity index (χ3n) is 2.36. The summed E-state index contributed by atoms with van der Waals surface area (Å²) in [4.78, 5) is 15.7. The molecule has 0 aromatic carbocycles. The fraction of sp³-hybridized carbons (Fsp3) is 0.500. The average molecular weight is 260 g/mol. The van der Waals surface area contributed by atoms with E-state index in [1.807, 2.05) is 20.8 Å². The maximum atomic E-state index is 11.6. The number of nitrogens with zero attached hydrogens (tertiary/aromatic N) is 2. The zero-order chi connectivity index (χ0) is 14.3. The first-order valence-corrected chi connectivity index (χ1v) is 6.28. The van der Waals surface area contributed by atoms with Gasteiger partial charge in [-0.05, 0) is 17.5 Å². The molecule has 0 atom stereocenters. The lowest BCUT2D eigenvalue weighted by atomic mass is 9.92. The van der Waals surface area contributed by atoms with Gasteiger partial charge in [0.15, 0.2) is 0 Å². The fourth-order valence-electron chi connectivity index (χ4n) is 1.56. The van der Waals surface area contributed by atoms with Crippen LogP contribution in [0.15, 0.2) is 18.3 Å². The van der Waals surface area contributed by atoms with Crippen LogP contribution in [0.1, 0.15) is 32.8 Å². The van der Waals surface area contributed by atoms with Gasteiger partial charge in [0.05, 0.1) is 5.56 Å². The second-order valence-corrected chi connectivity index (χ2v) is 5.53. The van der Waals surface area contributed by atoms with Crippen molar-refractivity contribution in [3.8, 4) is 6.07 Å². The number of amides is 1. The van der Waals surface area contributed by atoms with Gasteiger partial charge in [-0.3, -0.25) is 4.79 Å². The Morgan fingerprint density at radius 2 is 2.16 bits per heavy atom. The lowest BCUT2D eigenvalue weighted by Gasteiger charge is -2.17. The van der Waals surface area contributed by atoms with Gasteiger partial charge in [0.25, 0.3) is 0 Å². The Balaban J connectivity index is 2.32. The van der Waals surface area contributed by atoms with Crippen molar-refractivity contribution in [2.75, 3.05) is 18.4 Å². The van der Waals surface area contributed by atoms with Crippen LogP contribution in [0.2, 0.25) is 0 Å². The van der Waals surface area contributed by atoms with E-state index >= 15 is 0 Å². The predicted octanol–water partition coefficient (Wildman–Crippen LogP) is 1.92. The minimum atomic E-state index is -0.00746. The molecule has 0 saturated heterocycles. The molecule has 2 N–H and O–H groups in total. The number of anilines is 1. The van der Waals surface area contributed by atoms with Crippen molar-refractivity contribution >= 4 is 11.7 Å². The molecule has 1 aromatic rings. The minimum Gasteiger partial charge on any atom is -0.367 e. The maximum Gasteiger partial charge on any atom is 0.220 e. The Hall–Kier alpha value is -2.09. The first-order chi connectivity index (χ1) is 8.92. The summed E-state index contributed by atoms with van der Waals surface area (Å²) in [6, 6.07) is 5.48. The normalized spacial score (nSPS) is 10.6. The van der Waals surface area contributed by atoms with Crippen LogP contribution in [0.4, 0.5) is 5.82 Å². The number of carbonyl (C=O) groups is 1. The molecule has 0 radical (unpaired) electrons. The maximum absolute atomic E-state index is 11.6. The summed E-state index contributed by atoms with van der Waals surface area (Å²) in [6.45, 7) is 7.13. The SMILES string of the molecule is CC(C)(C)CC(=O)NCCNc1ncccc1C#N. The summed E-state index contributed by atoms with van der Waals surface area (Å²) in [5, 5.41) is 14.8. The van der Waals surface area contributed by atoms with Gasteiger partial charge in [0.1, 0.15) is 11.9 Å². The number of aromatic nitrogens is 1. The molecular formula is C14H20N4O. The van der Waals surface area contributed by atoms with Crippen molar-refractivity contribution in [2.24, 2.45) is 5.41 Å². The molecule has 0 aliphatic heterocycles. The second kappa shape index (κ2) is 6.74. The largest absolute Gasteiger partial charge is 0.367 e. The Labute approximate surface area is 114 Å². The summed E-state index contributed by atoms with van der Waals surface area (Å²) >= 11 is 0. The highest BCUT2D eigenvalue weighted by atomic mass is 16.1. The Morgan fingerprint density at radius 3 is 2.79 bits per heavy atom. The highest BCUT2D eigenvalue weighted by Gasteiger charge is 2.15. The topological polar surface area (TPSA) is 77.8 Å². The molecule has 102 valence electrons. The monoisotopic (exact) mass is 260 g/mol. The van der Waals surface area contributed by atoms with Gasteiger partial charge in [-0.1, -0.05) is 20.8 Å². The number of carbonyl (C=O) groups excluding carboxylic acids is 1. The molecule has 0 bridgehead atoms. The zero-order valence-corrected chi connectivity index (χ0v) is 11.7. The molecule has 0 spiro atoms. The van der Waals surface area contributed by atoms with Crippen molar-refractivity contribution < 1.29 is 4.79 Å². The number of hydrogen-bond acceptors (Lipinski definition) is 4. The summed E-state index contributed by atoms with van der Waals surface area (Å²) in [6.07, 6.45) is 2.13. The average Bonchev–Trinajstić information content (AvgIpc) is 2.33. The Bertz CT molecular complexity index is 471. The first-order valence-electron chi connectivity index (χ1n) is 6.28. The summed E-state index contributed by atoms with van der Waals surface area (Å²) in [5.41, 5.74) is 0.496. The molecule has 5 nitrogen and oxygen atoms in total. The Kier molecular flexibility index (Phi) is 5.31. The highest BCUT2D eigenvalue weighted by Crippen LogP contribution is 2.17. The number of nitriles is 1. The molecule has 0 aliphatic rings. The van der Waals surface area contributed by atoms with Gasteiger partial charge in [-0.25, -0.2) is 4.98 Å². The molecular weight excluding hydrogens is 240 g/mol. The molecule has 1 heterocycles. The Morgan fingerprint density at radius 1 is 1.42 bits per heavy atom. The van der Waals surface area contributed by atoms with E-state index in [1.165, 1.54) is 0 Å². The number of rotatable bonds is 5. The number of hydrogen-bond donors (Lipinski definition) is 2. The van der Waals surface area contributed by atoms with E-state index in [0.29, 0.717) is 30.9 Å². The van der Waals surface area contributed by atoms with Crippen LogP contribution in [-0.2, 0) is 4.79 Å². The van der Waals surface area contributed by atoms with Crippen molar-refractivity contribution in [1.82, 2.24) is 10.3 Å². The van der Waals surface area contributed by atoms with Gasteiger partial charge >= 0.3 is 0 Å². The highest BCUT2D eigenvalue weighted by molar-refractivity contribution is 5.76. The van der Waals surface area contributed by atoms with Gasteiger partial charge in [0, 0.05) is 25.7 Å². The van der Waals surface area contributed by atoms with Gasteiger partial charge < -0.3 is 10.6 Å². The van der Waals surface area contributed by atoms with E-state index in [9.17, 15) is 4.79 Å². The molecule has 1 amide bonds. The third kappa shape index (κ3) is 5.87. The zero-order valence-electron chi connectivity index (χ0n) is 11.7. The lowest BCUT2D eigenvalue weighted by molar-refractivity contribution is -0.122. The fourth-order valence-corrected chi connectivity index (χ4v) is 1.56. The van der Waals surface area contributed by atoms with E-state index in [1.54, 1.807) is 18.3 Å². The van der Waals surface area contributed by atoms with Crippen LogP contribution in [0.5, 0.6) is 0 Å².